The minimum absolute atomic E-state index is 0.189. The molecule has 2 atom stereocenters. The molecule has 1 aromatic rings. The Kier molecular flexibility index (Phi) is 3.53. The number of hydrogen-bond acceptors (Lipinski definition) is 3. The second-order valence-corrected chi connectivity index (χ2v) is 7.07. The van der Waals surface area contributed by atoms with E-state index < -0.39 is 37.2 Å². The number of hydrogen-bond donors (Lipinski definition) is 1. The van der Waals surface area contributed by atoms with Crippen molar-refractivity contribution in [1.82, 2.24) is 0 Å². The number of nitrogens with one attached hydrogen (secondary N) is 1. The summed E-state index contributed by atoms with van der Waals surface area (Å²) in [5.74, 6) is -2.91. The Labute approximate surface area is 113 Å². The highest BCUT2D eigenvalue weighted by Gasteiger charge is 2.39. The number of carbonyl (C=O) groups excluding carboxylic acids is 1. The lowest BCUT2D eigenvalue weighted by molar-refractivity contribution is -0.117. The fourth-order valence-electron chi connectivity index (χ4n) is 1.71. The lowest BCUT2D eigenvalue weighted by Crippen LogP contribution is -2.17. The summed E-state index contributed by atoms with van der Waals surface area (Å²) >= 11 is 0. The first kappa shape index (κ1) is 14.2. The van der Waals surface area contributed by atoms with E-state index in [4.69, 9.17) is 10.7 Å². The molecule has 4 nitrogen and oxygen atoms in total. The van der Waals surface area contributed by atoms with Crippen molar-refractivity contribution >= 4 is 31.3 Å². The highest BCUT2D eigenvalue weighted by atomic mass is 35.7. The van der Waals surface area contributed by atoms with Gasteiger partial charge in [-0.3, -0.25) is 4.79 Å². The van der Waals surface area contributed by atoms with Crippen LogP contribution in [0, 0.1) is 23.5 Å². The van der Waals surface area contributed by atoms with Crippen LogP contribution in [-0.4, -0.2) is 14.3 Å². The van der Waals surface area contributed by atoms with E-state index in [1.807, 2.05) is 6.92 Å². The monoisotopic (exact) mass is 309 g/mol. The zero-order valence-electron chi connectivity index (χ0n) is 9.78. The molecule has 0 spiro atoms. The number of benzene rings is 1. The molecule has 1 aromatic carbocycles. The Hall–Kier alpha value is -1.21. The third kappa shape index (κ3) is 3.03. The van der Waals surface area contributed by atoms with E-state index in [0.29, 0.717) is 18.6 Å². The van der Waals surface area contributed by atoms with E-state index in [1.54, 1.807) is 0 Å². The number of carbonyl (C=O) groups is 1. The number of rotatable bonds is 3. The van der Waals surface area contributed by atoms with Gasteiger partial charge in [0, 0.05) is 16.6 Å². The molecule has 1 aliphatic rings. The summed E-state index contributed by atoms with van der Waals surface area (Å²) < 4.78 is 49.2. The maximum atomic E-state index is 13.6. The van der Waals surface area contributed by atoms with Gasteiger partial charge in [0.25, 0.3) is 9.05 Å². The van der Waals surface area contributed by atoms with Crippen LogP contribution in [0.5, 0.6) is 0 Å². The SMILES string of the molecule is CC1CC1C(=O)Nc1c(F)cc(S(=O)(=O)Cl)cc1F. The standard InChI is InChI=1S/C11H10ClF2NO3S/c1-5-2-7(5)11(16)15-10-8(13)3-6(4-9(10)14)19(12,17)18/h3-5,7H,2H2,1H3,(H,15,16). The van der Waals surface area contributed by atoms with Gasteiger partial charge in [0.15, 0.2) is 11.6 Å². The minimum Gasteiger partial charge on any atom is -0.321 e. The van der Waals surface area contributed by atoms with Gasteiger partial charge in [-0.25, -0.2) is 17.2 Å². The maximum absolute atomic E-state index is 13.6. The topological polar surface area (TPSA) is 63.2 Å². The van der Waals surface area contributed by atoms with Crippen LogP contribution in [0.4, 0.5) is 14.5 Å². The largest absolute Gasteiger partial charge is 0.321 e. The van der Waals surface area contributed by atoms with Gasteiger partial charge in [-0.15, -0.1) is 0 Å². The third-order valence-electron chi connectivity index (χ3n) is 2.99. The molecule has 1 fully saturated rings. The Morgan fingerprint density at radius 2 is 1.84 bits per heavy atom. The lowest BCUT2D eigenvalue weighted by atomic mass is 10.2. The van der Waals surface area contributed by atoms with Gasteiger partial charge >= 0.3 is 0 Å². The normalized spacial score (nSPS) is 22.1. The predicted molar refractivity (Wildman–Crippen MR) is 65.3 cm³/mol. The molecule has 0 aromatic heterocycles. The Morgan fingerprint density at radius 1 is 1.37 bits per heavy atom. The maximum Gasteiger partial charge on any atom is 0.261 e. The van der Waals surface area contributed by atoms with Crippen molar-refractivity contribution in [2.45, 2.75) is 18.2 Å². The first-order chi connectivity index (χ1) is 8.70. The second kappa shape index (κ2) is 4.72. The highest BCUT2D eigenvalue weighted by molar-refractivity contribution is 8.13. The molecule has 8 heteroatoms. The average molecular weight is 310 g/mol. The summed E-state index contributed by atoms with van der Waals surface area (Å²) in [7, 11) is 0.765. The highest BCUT2D eigenvalue weighted by Crippen LogP contribution is 2.39. The minimum atomic E-state index is -4.23. The fraction of sp³-hybridized carbons (Fsp3) is 0.364. The summed E-state index contributed by atoms with van der Waals surface area (Å²) in [6, 6.07) is 1.13. The average Bonchev–Trinajstić information content (AvgIpc) is 2.99. The molecule has 19 heavy (non-hydrogen) atoms. The fourth-order valence-corrected chi connectivity index (χ4v) is 2.47. The van der Waals surface area contributed by atoms with Gasteiger partial charge in [-0.1, -0.05) is 6.92 Å². The number of halogens is 3. The molecule has 0 bridgehead atoms. The van der Waals surface area contributed by atoms with E-state index >= 15 is 0 Å². The van der Waals surface area contributed by atoms with E-state index in [1.165, 1.54) is 0 Å². The van der Waals surface area contributed by atoms with Crippen LogP contribution < -0.4 is 5.32 Å². The summed E-state index contributed by atoms with van der Waals surface area (Å²) in [6.07, 6.45) is 0.670. The lowest BCUT2D eigenvalue weighted by Gasteiger charge is -2.08. The van der Waals surface area contributed by atoms with Crippen LogP contribution in [0.1, 0.15) is 13.3 Å². The molecule has 1 N–H and O–H groups in total. The molecule has 0 radical (unpaired) electrons. The molecule has 104 valence electrons. The van der Waals surface area contributed by atoms with Crippen LogP contribution in [0.15, 0.2) is 17.0 Å². The summed E-state index contributed by atoms with van der Waals surface area (Å²) in [6.45, 7) is 1.85. The molecule has 0 heterocycles. The smallest absolute Gasteiger partial charge is 0.261 e. The molecule has 2 rings (SSSR count). The summed E-state index contributed by atoms with van der Waals surface area (Å²) in [5.41, 5.74) is -0.659. The molecule has 1 amide bonds. The summed E-state index contributed by atoms with van der Waals surface area (Å²) in [4.78, 5) is 10.9. The summed E-state index contributed by atoms with van der Waals surface area (Å²) in [5, 5.41) is 2.12. The van der Waals surface area contributed by atoms with Crippen molar-refractivity contribution in [2.24, 2.45) is 11.8 Å². The zero-order valence-corrected chi connectivity index (χ0v) is 11.4. The van der Waals surface area contributed by atoms with Gasteiger partial charge in [0.05, 0.1) is 4.90 Å². The van der Waals surface area contributed by atoms with Crippen LogP contribution in [0.3, 0.4) is 0 Å². The Balaban J connectivity index is 2.30. The van der Waals surface area contributed by atoms with E-state index in [0.717, 1.165) is 0 Å². The van der Waals surface area contributed by atoms with Crippen molar-refractivity contribution in [3.05, 3.63) is 23.8 Å². The van der Waals surface area contributed by atoms with Gasteiger partial charge in [0.1, 0.15) is 5.69 Å². The van der Waals surface area contributed by atoms with Crippen molar-refractivity contribution < 1.29 is 22.0 Å². The molecule has 0 aliphatic heterocycles. The Bertz CT molecular complexity index is 624. The van der Waals surface area contributed by atoms with Crippen LogP contribution in [0.25, 0.3) is 0 Å². The first-order valence-electron chi connectivity index (χ1n) is 5.44. The second-order valence-electron chi connectivity index (χ2n) is 4.51. The van der Waals surface area contributed by atoms with Gasteiger partial charge in [0.2, 0.25) is 5.91 Å². The molecule has 2 unspecified atom stereocenters. The van der Waals surface area contributed by atoms with Gasteiger partial charge in [-0.2, -0.15) is 0 Å². The predicted octanol–water partition coefficient (Wildman–Crippen LogP) is 2.49. The molecule has 1 saturated carbocycles. The Morgan fingerprint density at radius 3 is 2.21 bits per heavy atom. The number of anilines is 1. The van der Waals surface area contributed by atoms with E-state index in [2.05, 4.69) is 5.32 Å². The third-order valence-corrected chi connectivity index (χ3v) is 4.32. The molecular weight excluding hydrogens is 300 g/mol. The van der Waals surface area contributed by atoms with Crippen molar-refractivity contribution in [2.75, 3.05) is 5.32 Å². The van der Waals surface area contributed by atoms with Crippen LogP contribution >= 0.6 is 10.7 Å². The van der Waals surface area contributed by atoms with E-state index in [9.17, 15) is 22.0 Å². The molecule has 0 saturated heterocycles. The van der Waals surface area contributed by atoms with Gasteiger partial charge < -0.3 is 5.32 Å². The zero-order chi connectivity index (χ0) is 14.4. The van der Waals surface area contributed by atoms with Crippen LogP contribution in [0.2, 0.25) is 0 Å². The molecular formula is C11H10ClF2NO3S. The van der Waals surface area contributed by atoms with Crippen molar-refractivity contribution in [3.8, 4) is 0 Å². The first-order valence-corrected chi connectivity index (χ1v) is 7.75. The number of amides is 1. The van der Waals surface area contributed by atoms with Gasteiger partial charge in [-0.05, 0) is 24.5 Å². The van der Waals surface area contributed by atoms with Crippen molar-refractivity contribution in [1.29, 1.82) is 0 Å². The quantitative estimate of drug-likeness (QED) is 0.873. The van der Waals surface area contributed by atoms with E-state index in [-0.39, 0.29) is 11.8 Å². The molecule has 1 aliphatic carbocycles. The van der Waals surface area contributed by atoms with Crippen molar-refractivity contribution in [3.63, 3.8) is 0 Å². The van der Waals surface area contributed by atoms with Crippen LogP contribution in [-0.2, 0) is 13.8 Å².